The van der Waals surface area contributed by atoms with E-state index in [2.05, 4.69) is 11.1 Å². The molecular weight excluding hydrogens is 228 g/mol. The van der Waals surface area contributed by atoms with Gasteiger partial charge in [0.1, 0.15) is 6.07 Å². The van der Waals surface area contributed by atoms with Crippen LogP contribution in [-0.2, 0) is 0 Å². The first-order valence-electron chi connectivity index (χ1n) is 5.37. The van der Waals surface area contributed by atoms with Gasteiger partial charge in [-0.3, -0.25) is 4.98 Å². The summed E-state index contributed by atoms with van der Waals surface area (Å²) in [5.74, 6) is 1.26. The van der Waals surface area contributed by atoms with E-state index in [4.69, 9.17) is 14.7 Å². The van der Waals surface area contributed by atoms with E-state index in [1.807, 2.05) is 12.1 Å². The van der Waals surface area contributed by atoms with Crippen LogP contribution in [0.4, 0.5) is 0 Å². The van der Waals surface area contributed by atoms with E-state index < -0.39 is 0 Å². The van der Waals surface area contributed by atoms with Crippen molar-refractivity contribution in [2.24, 2.45) is 0 Å². The van der Waals surface area contributed by atoms with Crippen LogP contribution < -0.4 is 9.47 Å². The molecule has 0 saturated heterocycles. The first kappa shape index (κ1) is 11.9. The largest absolute Gasteiger partial charge is 0.493 e. The number of hydrogen-bond acceptors (Lipinski definition) is 4. The van der Waals surface area contributed by atoms with Gasteiger partial charge in [0.05, 0.1) is 25.5 Å². The zero-order chi connectivity index (χ0) is 13.0. The smallest absolute Gasteiger partial charge is 0.161 e. The SMILES string of the molecule is COc1ccc(-c2ncccc2C#N)cc1OC. The van der Waals surface area contributed by atoms with Crippen molar-refractivity contribution in [1.82, 2.24) is 4.98 Å². The zero-order valence-corrected chi connectivity index (χ0v) is 10.2. The quantitative estimate of drug-likeness (QED) is 0.827. The third-order valence-electron chi connectivity index (χ3n) is 2.59. The van der Waals surface area contributed by atoms with Gasteiger partial charge in [-0.25, -0.2) is 0 Å². The van der Waals surface area contributed by atoms with E-state index >= 15 is 0 Å². The van der Waals surface area contributed by atoms with Crippen LogP contribution in [0.3, 0.4) is 0 Å². The fraction of sp³-hybridized carbons (Fsp3) is 0.143. The molecule has 2 rings (SSSR count). The van der Waals surface area contributed by atoms with E-state index in [1.54, 1.807) is 38.6 Å². The van der Waals surface area contributed by atoms with Crippen molar-refractivity contribution in [3.05, 3.63) is 42.1 Å². The monoisotopic (exact) mass is 240 g/mol. The summed E-state index contributed by atoms with van der Waals surface area (Å²) >= 11 is 0. The zero-order valence-electron chi connectivity index (χ0n) is 10.2. The molecule has 90 valence electrons. The van der Waals surface area contributed by atoms with E-state index in [1.165, 1.54) is 0 Å². The molecule has 0 saturated carbocycles. The lowest BCUT2D eigenvalue weighted by Gasteiger charge is -2.09. The molecule has 0 aliphatic rings. The minimum absolute atomic E-state index is 0.532. The molecule has 0 aliphatic carbocycles. The van der Waals surface area contributed by atoms with Crippen molar-refractivity contribution in [3.63, 3.8) is 0 Å². The predicted octanol–water partition coefficient (Wildman–Crippen LogP) is 2.64. The molecule has 0 atom stereocenters. The van der Waals surface area contributed by atoms with Crippen LogP contribution in [0.25, 0.3) is 11.3 Å². The van der Waals surface area contributed by atoms with Gasteiger partial charge < -0.3 is 9.47 Å². The highest BCUT2D eigenvalue weighted by atomic mass is 16.5. The molecule has 0 N–H and O–H groups in total. The Balaban J connectivity index is 2.55. The Morgan fingerprint density at radius 3 is 2.56 bits per heavy atom. The number of hydrogen-bond donors (Lipinski definition) is 0. The fourth-order valence-corrected chi connectivity index (χ4v) is 1.71. The van der Waals surface area contributed by atoms with Gasteiger partial charge in [0.2, 0.25) is 0 Å². The maximum absolute atomic E-state index is 9.06. The fourth-order valence-electron chi connectivity index (χ4n) is 1.71. The first-order chi connectivity index (χ1) is 8.80. The van der Waals surface area contributed by atoms with Gasteiger partial charge in [-0.15, -0.1) is 0 Å². The average molecular weight is 240 g/mol. The molecule has 1 heterocycles. The molecule has 0 amide bonds. The summed E-state index contributed by atoms with van der Waals surface area (Å²) < 4.78 is 10.4. The molecular formula is C14H12N2O2. The second-order valence-electron chi connectivity index (χ2n) is 3.58. The highest BCUT2D eigenvalue weighted by Crippen LogP contribution is 2.32. The number of benzene rings is 1. The van der Waals surface area contributed by atoms with Gasteiger partial charge in [0.15, 0.2) is 11.5 Å². The van der Waals surface area contributed by atoms with Gasteiger partial charge in [-0.1, -0.05) is 0 Å². The number of nitrogens with zero attached hydrogens (tertiary/aromatic N) is 2. The van der Waals surface area contributed by atoms with E-state index in [0.717, 1.165) is 5.56 Å². The van der Waals surface area contributed by atoms with Crippen LogP contribution in [0, 0.1) is 11.3 Å². The highest BCUT2D eigenvalue weighted by molar-refractivity contribution is 5.69. The van der Waals surface area contributed by atoms with Gasteiger partial charge >= 0.3 is 0 Å². The van der Waals surface area contributed by atoms with Gasteiger partial charge in [-0.05, 0) is 30.3 Å². The Bertz CT molecular complexity index is 603. The van der Waals surface area contributed by atoms with Crippen molar-refractivity contribution < 1.29 is 9.47 Å². The number of rotatable bonds is 3. The Kier molecular flexibility index (Phi) is 3.44. The summed E-state index contributed by atoms with van der Waals surface area (Å²) in [5.41, 5.74) is 2.00. The number of nitriles is 1. The summed E-state index contributed by atoms with van der Waals surface area (Å²) in [7, 11) is 3.16. The van der Waals surface area contributed by atoms with Crippen molar-refractivity contribution >= 4 is 0 Å². The van der Waals surface area contributed by atoms with Crippen LogP contribution in [0.2, 0.25) is 0 Å². The molecule has 0 spiro atoms. The van der Waals surface area contributed by atoms with Gasteiger partial charge in [-0.2, -0.15) is 5.26 Å². The maximum Gasteiger partial charge on any atom is 0.161 e. The second kappa shape index (κ2) is 5.19. The molecule has 18 heavy (non-hydrogen) atoms. The van der Waals surface area contributed by atoms with E-state index in [0.29, 0.717) is 22.8 Å². The van der Waals surface area contributed by atoms with Gasteiger partial charge in [0.25, 0.3) is 0 Å². The van der Waals surface area contributed by atoms with Crippen molar-refractivity contribution in [2.75, 3.05) is 14.2 Å². The van der Waals surface area contributed by atoms with E-state index in [9.17, 15) is 0 Å². The minimum atomic E-state index is 0.532. The maximum atomic E-state index is 9.06. The lowest BCUT2D eigenvalue weighted by Crippen LogP contribution is -1.93. The molecule has 0 bridgehead atoms. The van der Waals surface area contributed by atoms with E-state index in [-0.39, 0.29) is 0 Å². The topological polar surface area (TPSA) is 55.1 Å². The summed E-state index contributed by atoms with van der Waals surface area (Å²) in [6, 6.07) is 11.1. The first-order valence-corrected chi connectivity index (χ1v) is 5.37. The molecule has 0 radical (unpaired) electrons. The minimum Gasteiger partial charge on any atom is -0.493 e. The van der Waals surface area contributed by atoms with Crippen LogP contribution in [0.5, 0.6) is 11.5 Å². The van der Waals surface area contributed by atoms with Crippen molar-refractivity contribution in [2.45, 2.75) is 0 Å². The van der Waals surface area contributed by atoms with Crippen LogP contribution in [-0.4, -0.2) is 19.2 Å². The summed E-state index contributed by atoms with van der Waals surface area (Å²) in [6.07, 6.45) is 1.66. The standard InChI is InChI=1S/C14H12N2O2/c1-17-12-6-5-10(8-13(12)18-2)14-11(9-15)4-3-7-16-14/h3-8H,1-2H3. The Labute approximate surface area is 105 Å². The Morgan fingerprint density at radius 2 is 1.89 bits per heavy atom. The molecule has 0 aliphatic heterocycles. The molecule has 4 heteroatoms. The Morgan fingerprint density at radius 1 is 1.11 bits per heavy atom. The Hall–Kier alpha value is -2.54. The van der Waals surface area contributed by atoms with Gasteiger partial charge in [0, 0.05) is 11.8 Å². The van der Waals surface area contributed by atoms with Crippen molar-refractivity contribution in [3.8, 4) is 28.8 Å². The third-order valence-corrected chi connectivity index (χ3v) is 2.59. The van der Waals surface area contributed by atoms with Crippen molar-refractivity contribution in [1.29, 1.82) is 5.26 Å². The third kappa shape index (κ3) is 2.11. The lowest BCUT2D eigenvalue weighted by atomic mass is 10.1. The molecule has 0 fully saturated rings. The second-order valence-corrected chi connectivity index (χ2v) is 3.58. The summed E-state index contributed by atoms with van der Waals surface area (Å²) in [5, 5.41) is 9.06. The molecule has 4 nitrogen and oxygen atoms in total. The number of aromatic nitrogens is 1. The summed E-state index contributed by atoms with van der Waals surface area (Å²) in [4.78, 5) is 4.23. The highest BCUT2D eigenvalue weighted by Gasteiger charge is 2.10. The number of pyridine rings is 1. The average Bonchev–Trinajstić information content (AvgIpc) is 2.46. The molecule has 0 unspecified atom stereocenters. The van der Waals surface area contributed by atoms with Crippen LogP contribution in [0.1, 0.15) is 5.56 Å². The molecule has 1 aromatic heterocycles. The molecule has 2 aromatic rings. The summed E-state index contributed by atoms with van der Waals surface area (Å²) in [6.45, 7) is 0. The normalized spacial score (nSPS) is 9.61. The number of methoxy groups -OCH3 is 2. The van der Waals surface area contributed by atoms with Crippen LogP contribution >= 0.6 is 0 Å². The number of ether oxygens (including phenoxy) is 2. The predicted molar refractivity (Wildman–Crippen MR) is 67.5 cm³/mol. The lowest BCUT2D eigenvalue weighted by molar-refractivity contribution is 0.355. The molecule has 1 aromatic carbocycles. The van der Waals surface area contributed by atoms with Crippen LogP contribution in [0.15, 0.2) is 36.5 Å².